The van der Waals surface area contributed by atoms with Gasteiger partial charge in [-0.25, -0.2) is 9.98 Å². The van der Waals surface area contributed by atoms with Crippen LogP contribution >= 0.6 is 15.9 Å². The molecule has 27 heavy (non-hydrogen) atoms. The van der Waals surface area contributed by atoms with Crippen LogP contribution in [0, 0.1) is 10.1 Å². The maximum Gasteiger partial charge on any atom is 0.312 e. The molecule has 0 aliphatic rings. The van der Waals surface area contributed by atoms with Crippen molar-refractivity contribution in [2.75, 3.05) is 0 Å². The monoisotopic (exact) mass is 426 g/mol. The van der Waals surface area contributed by atoms with Gasteiger partial charge in [0.05, 0.1) is 11.2 Å². The van der Waals surface area contributed by atoms with E-state index >= 15 is 0 Å². The summed E-state index contributed by atoms with van der Waals surface area (Å²) in [6.07, 6.45) is 4.69. The van der Waals surface area contributed by atoms with Crippen LogP contribution in [-0.4, -0.2) is 25.6 Å². The van der Waals surface area contributed by atoms with E-state index in [9.17, 15) is 15.2 Å². The molecule has 0 fully saturated rings. The van der Waals surface area contributed by atoms with Crippen LogP contribution in [0.3, 0.4) is 0 Å². The lowest BCUT2D eigenvalue weighted by Crippen LogP contribution is -1.93. The van der Waals surface area contributed by atoms with Crippen LogP contribution in [0.5, 0.6) is 5.75 Å². The first-order valence-corrected chi connectivity index (χ1v) is 8.56. The Bertz CT molecular complexity index is 1180. The molecule has 8 nitrogen and oxygen atoms in total. The fourth-order valence-electron chi connectivity index (χ4n) is 2.66. The second-order valence-corrected chi connectivity index (χ2v) is 6.48. The minimum absolute atomic E-state index is 0.201. The largest absolute Gasteiger partial charge is 0.502 e. The molecule has 0 amide bonds. The molecule has 9 heteroatoms. The van der Waals surface area contributed by atoms with Crippen molar-refractivity contribution in [2.45, 2.75) is 0 Å². The number of benzene rings is 1. The minimum atomic E-state index is -0.653. The van der Waals surface area contributed by atoms with Gasteiger partial charge < -0.3 is 9.52 Å². The van der Waals surface area contributed by atoms with E-state index in [1.54, 1.807) is 28.8 Å². The van der Waals surface area contributed by atoms with Crippen molar-refractivity contribution >= 4 is 39.3 Å². The van der Waals surface area contributed by atoms with E-state index in [4.69, 9.17) is 4.42 Å². The average molecular weight is 427 g/mol. The number of aliphatic imine (C=N–C) groups is 1. The van der Waals surface area contributed by atoms with Gasteiger partial charge in [-0.2, -0.15) is 0 Å². The van der Waals surface area contributed by atoms with Crippen molar-refractivity contribution in [3.8, 4) is 17.2 Å². The number of aromatic nitrogens is 2. The summed E-state index contributed by atoms with van der Waals surface area (Å²) in [6, 6.07) is 11.8. The van der Waals surface area contributed by atoms with Crippen LogP contribution in [0.4, 0.5) is 11.5 Å². The van der Waals surface area contributed by atoms with E-state index in [0.717, 1.165) is 0 Å². The number of imidazole rings is 1. The molecule has 0 atom stereocenters. The molecular weight excluding hydrogens is 416 g/mol. The molecule has 0 saturated heterocycles. The highest BCUT2D eigenvalue weighted by Crippen LogP contribution is 2.34. The second kappa shape index (κ2) is 6.69. The van der Waals surface area contributed by atoms with Crippen molar-refractivity contribution in [3.05, 3.63) is 75.1 Å². The van der Waals surface area contributed by atoms with E-state index in [1.807, 2.05) is 18.2 Å². The summed E-state index contributed by atoms with van der Waals surface area (Å²) in [6.45, 7) is 0. The van der Waals surface area contributed by atoms with Crippen LogP contribution in [0.1, 0.15) is 5.56 Å². The van der Waals surface area contributed by atoms with Gasteiger partial charge in [0.1, 0.15) is 5.65 Å². The smallest absolute Gasteiger partial charge is 0.312 e. The summed E-state index contributed by atoms with van der Waals surface area (Å²) in [5.41, 5.74) is 0.981. The Hall–Kier alpha value is -3.46. The number of aromatic hydroxyl groups is 1. The molecule has 0 spiro atoms. The van der Waals surface area contributed by atoms with Crippen LogP contribution in [0.15, 0.2) is 68.8 Å². The third-order valence-electron chi connectivity index (χ3n) is 3.87. The highest BCUT2D eigenvalue weighted by molar-refractivity contribution is 9.10. The first kappa shape index (κ1) is 17.0. The quantitative estimate of drug-likeness (QED) is 0.288. The number of hydrogen-bond acceptors (Lipinski definition) is 6. The molecule has 134 valence electrons. The molecule has 1 aromatic carbocycles. The Balaban J connectivity index is 1.87. The fraction of sp³-hybridized carbons (Fsp3) is 0. The lowest BCUT2D eigenvalue weighted by molar-refractivity contribution is -0.385. The van der Waals surface area contributed by atoms with E-state index in [-0.39, 0.29) is 5.56 Å². The number of halogens is 1. The maximum absolute atomic E-state index is 11.1. The Morgan fingerprint density at radius 3 is 2.89 bits per heavy atom. The third kappa shape index (κ3) is 3.08. The molecular formula is C18H11BrN4O4. The van der Waals surface area contributed by atoms with Crippen molar-refractivity contribution in [3.63, 3.8) is 0 Å². The number of nitrogens with zero attached hydrogens (tertiary/aromatic N) is 4. The van der Waals surface area contributed by atoms with Crippen molar-refractivity contribution in [2.24, 2.45) is 4.99 Å². The summed E-state index contributed by atoms with van der Waals surface area (Å²) < 4.78 is 7.66. The van der Waals surface area contributed by atoms with Gasteiger partial charge in [0.2, 0.25) is 5.75 Å². The second-order valence-electron chi connectivity index (χ2n) is 5.57. The summed E-state index contributed by atoms with van der Waals surface area (Å²) in [7, 11) is 0. The molecule has 0 saturated carbocycles. The van der Waals surface area contributed by atoms with E-state index in [1.165, 1.54) is 18.5 Å². The molecule has 4 aromatic rings. The summed E-state index contributed by atoms with van der Waals surface area (Å²) in [5, 5.41) is 21.3. The van der Waals surface area contributed by atoms with Gasteiger partial charge in [0.25, 0.3) is 0 Å². The number of hydrogen-bond donors (Lipinski definition) is 1. The first-order valence-electron chi connectivity index (χ1n) is 7.76. The lowest BCUT2D eigenvalue weighted by Gasteiger charge is -2.02. The Morgan fingerprint density at radius 1 is 1.30 bits per heavy atom. The Morgan fingerprint density at radius 2 is 2.15 bits per heavy atom. The third-order valence-corrected chi connectivity index (χ3v) is 4.32. The van der Waals surface area contributed by atoms with E-state index in [2.05, 4.69) is 25.9 Å². The lowest BCUT2D eigenvalue weighted by atomic mass is 10.2. The maximum atomic E-state index is 11.1. The predicted molar refractivity (Wildman–Crippen MR) is 103 cm³/mol. The molecule has 1 N–H and O–H groups in total. The molecule has 0 aliphatic heterocycles. The number of rotatable bonds is 4. The van der Waals surface area contributed by atoms with Gasteiger partial charge in [-0.15, -0.1) is 0 Å². The summed E-state index contributed by atoms with van der Waals surface area (Å²) in [4.78, 5) is 19.4. The molecule has 0 unspecified atom stereocenters. The predicted octanol–water partition coefficient (Wildman–Crippen LogP) is 4.72. The zero-order chi connectivity index (χ0) is 19.0. The zero-order valence-electron chi connectivity index (χ0n) is 13.6. The van der Waals surface area contributed by atoms with Gasteiger partial charge in [0, 0.05) is 28.5 Å². The number of fused-ring (bicyclic) bond motifs is 1. The topological polar surface area (TPSA) is 106 Å². The number of pyridine rings is 1. The van der Waals surface area contributed by atoms with Crippen LogP contribution in [0.2, 0.25) is 0 Å². The number of nitro groups is 1. The van der Waals surface area contributed by atoms with Crippen LogP contribution in [-0.2, 0) is 0 Å². The van der Waals surface area contributed by atoms with Gasteiger partial charge in [-0.1, -0.05) is 22.0 Å². The standard InChI is InChI=1S/C18H11BrN4O4/c19-12-8-11(17(24)13(9-12)23(25)26)10-20-18-16(14-4-3-7-27-14)21-15-5-1-2-6-22(15)18/h1-10,24H. The normalized spacial score (nSPS) is 11.4. The summed E-state index contributed by atoms with van der Waals surface area (Å²) in [5.74, 6) is 0.554. The Kier molecular flexibility index (Phi) is 4.21. The number of furan rings is 1. The van der Waals surface area contributed by atoms with Crippen molar-refractivity contribution in [1.82, 2.24) is 9.38 Å². The van der Waals surface area contributed by atoms with E-state index < -0.39 is 16.4 Å². The number of phenols is 1. The van der Waals surface area contributed by atoms with Gasteiger partial charge in [0.15, 0.2) is 17.3 Å². The zero-order valence-corrected chi connectivity index (χ0v) is 15.2. The molecule has 0 radical (unpaired) electrons. The summed E-state index contributed by atoms with van der Waals surface area (Å²) >= 11 is 3.21. The van der Waals surface area contributed by atoms with Crippen LogP contribution in [0.25, 0.3) is 17.1 Å². The molecule has 3 aromatic heterocycles. The molecule has 0 bridgehead atoms. The SMILES string of the molecule is O=[N+]([O-])c1cc(Br)cc(C=Nc2c(-c3ccco3)nc3ccccn23)c1O. The number of phenolic OH excluding ortho intramolecular Hbond substituents is 1. The van der Waals surface area contributed by atoms with Gasteiger partial charge in [-0.3, -0.25) is 14.5 Å². The van der Waals surface area contributed by atoms with Gasteiger partial charge in [-0.05, 0) is 30.3 Å². The van der Waals surface area contributed by atoms with Crippen LogP contribution < -0.4 is 0 Å². The van der Waals surface area contributed by atoms with Crippen molar-refractivity contribution in [1.29, 1.82) is 0 Å². The minimum Gasteiger partial charge on any atom is -0.502 e. The first-order chi connectivity index (χ1) is 13.0. The number of nitro benzene ring substituents is 1. The fourth-order valence-corrected chi connectivity index (χ4v) is 3.12. The average Bonchev–Trinajstić information content (AvgIpc) is 3.29. The Labute approximate surface area is 160 Å². The van der Waals surface area contributed by atoms with Gasteiger partial charge >= 0.3 is 5.69 Å². The van der Waals surface area contributed by atoms with Crippen molar-refractivity contribution < 1.29 is 14.4 Å². The molecule has 4 rings (SSSR count). The molecule has 0 aliphatic carbocycles. The highest BCUT2D eigenvalue weighted by atomic mass is 79.9. The highest BCUT2D eigenvalue weighted by Gasteiger charge is 2.19. The van der Waals surface area contributed by atoms with E-state index in [0.29, 0.717) is 27.4 Å². The molecule has 3 heterocycles.